The van der Waals surface area contributed by atoms with Crippen molar-refractivity contribution in [3.05, 3.63) is 90.0 Å². The molecule has 34 heavy (non-hydrogen) atoms. The van der Waals surface area contributed by atoms with Crippen molar-refractivity contribution < 1.29 is 19.1 Å². The summed E-state index contributed by atoms with van der Waals surface area (Å²) in [5.74, 6) is -0.686. The second-order valence-electron chi connectivity index (χ2n) is 7.67. The maximum atomic E-state index is 13.2. The summed E-state index contributed by atoms with van der Waals surface area (Å²) in [5, 5.41) is 5.19. The number of nitrogens with one attached hydrogen (secondary N) is 2. The average molecular weight is 477 g/mol. The Bertz CT molecular complexity index is 1100. The summed E-state index contributed by atoms with van der Waals surface area (Å²) in [5.41, 5.74) is 2.61. The number of unbranched alkanes of at least 4 members (excludes halogenated alkanes) is 1. The van der Waals surface area contributed by atoms with Crippen molar-refractivity contribution in [1.82, 2.24) is 0 Å². The fraction of sp³-hybridized carbons (Fsp3) is 0.222. The van der Waals surface area contributed by atoms with Gasteiger partial charge >= 0.3 is 5.97 Å². The van der Waals surface area contributed by atoms with Crippen LogP contribution in [0.2, 0.25) is 0 Å². The average Bonchev–Trinajstić information content (AvgIpc) is 2.84. The predicted octanol–water partition coefficient (Wildman–Crippen LogP) is 6.07. The molecule has 0 aliphatic rings. The lowest BCUT2D eigenvalue weighted by atomic mass is 10.1. The Morgan fingerprint density at radius 2 is 1.47 bits per heavy atom. The second-order valence-corrected chi connectivity index (χ2v) is 8.85. The molecule has 0 heterocycles. The highest BCUT2D eigenvalue weighted by Gasteiger charge is 2.22. The van der Waals surface area contributed by atoms with Gasteiger partial charge in [0.15, 0.2) is 0 Å². The summed E-state index contributed by atoms with van der Waals surface area (Å²) < 4.78 is 5.23. The molecule has 0 spiro atoms. The number of anilines is 2. The van der Waals surface area contributed by atoms with Crippen LogP contribution in [-0.2, 0) is 14.3 Å². The van der Waals surface area contributed by atoms with Gasteiger partial charge in [0.25, 0.3) is 0 Å². The molecule has 0 saturated heterocycles. The van der Waals surface area contributed by atoms with Gasteiger partial charge in [0.1, 0.15) is 5.25 Å². The van der Waals surface area contributed by atoms with E-state index in [-0.39, 0.29) is 17.8 Å². The molecule has 7 heteroatoms. The summed E-state index contributed by atoms with van der Waals surface area (Å²) in [6.45, 7) is 3.89. The van der Waals surface area contributed by atoms with Crippen LogP contribution in [0.1, 0.15) is 47.9 Å². The Hall–Kier alpha value is -3.58. The van der Waals surface area contributed by atoms with Crippen LogP contribution in [0.15, 0.2) is 83.8 Å². The standard InChI is InChI=1S/C27H28N2O4S/c1-3-4-18-33-27(32)21-10-12-23(13-11-21)29-26(31)25(20-8-6-5-7-9-20)34-24-16-14-22(15-17-24)28-19(2)30/h5-17,25H,3-4,18H2,1-2H3,(H,28,30)(H,29,31). The van der Waals surface area contributed by atoms with Gasteiger partial charge in [-0.2, -0.15) is 0 Å². The van der Waals surface area contributed by atoms with Gasteiger partial charge in [-0.25, -0.2) is 4.79 Å². The number of carbonyl (C=O) groups excluding carboxylic acids is 3. The molecule has 0 bridgehead atoms. The molecular weight excluding hydrogens is 448 g/mol. The number of hydrogen-bond acceptors (Lipinski definition) is 5. The van der Waals surface area contributed by atoms with E-state index in [1.165, 1.54) is 18.7 Å². The van der Waals surface area contributed by atoms with Gasteiger partial charge in [0.05, 0.1) is 12.2 Å². The molecule has 1 unspecified atom stereocenters. The number of carbonyl (C=O) groups is 3. The number of amides is 2. The summed E-state index contributed by atoms with van der Waals surface area (Å²) >= 11 is 1.42. The van der Waals surface area contributed by atoms with Crippen molar-refractivity contribution in [1.29, 1.82) is 0 Å². The van der Waals surface area contributed by atoms with Crippen LogP contribution < -0.4 is 10.6 Å². The molecule has 0 aliphatic heterocycles. The normalized spacial score (nSPS) is 11.4. The minimum absolute atomic E-state index is 0.137. The van der Waals surface area contributed by atoms with Crippen molar-refractivity contribution in [2.24, 2.45) is 0 Å². The fourth-order valence-corrected chi connectivity index (χ4v) is 4.17. The maximum absolute atomic E-state index is 13.2. The molecule has 3 aromatic rings. The van der Waals surface area contributed by atoms with Crippen molar-refractivity contribution >= 4 is 40.9 Å². The molecule has 2 N–H and O–H groups in total. The van der Waals surface area contributed by atoms with Crippen LogP contribution in [0.3, 0.4) is 0 Å². The number of hydrogen-bond donors (Lipinski definition) is 2. The molecule has 0 aromatic heterocycles. The first-order valence-electron chi connectivity index (χ1n) is 11.1. The number of esters is 1. The SMILES string of the molecule is CCCCOC(=O)c1ccc(NC(=O)C(Sc2ccc(NC(C)=O)cc2)c2ccccc2)cc1. The topological polar surface area (TPSA) is 84.5 Å². The van der Waals surface area contributed by atoms with Gasteiger partial charge in [0, 0.05) is 23.2 Å². The van der Waals surface area contributed by atoms with Crippen LogP contribution >= 0.6 is 11.8 Å². The number of rotatable bonds is 10. The highest BCUT2D eigenvalue weighted by atomic mass is 32.2. The molecule has 2 amide bonds. The Morgan fingerprint density at radius 1 is 0.853 bits per heavy atom. The molecule has 176 valence electrons. The first-order valence-corrected chi connectivity index (χ1v) is 12.0. The van der Waals surface area contributed by atoms with Crippen molar-refractivity contribution in [3.63, 3.8) is 0 Å². The van der Waals surface area contributed by atoms with Crippen LogP contribution in [0.4, 0.5) is 11.4 Å². The summed E-state index contributed by atoms with van der Waals surface area (Å²) in [4.78, 5) is 37.5. The van der Waals surface area contributed by atoms with Gasteiger partial charge in [-0.15, -0.1) is 11.8 Å². The second kappa shape index (κ2) is 12.6. The van der Waals surface area contributed by atoms with Crippen molar-refractivity contribution in [3.8, 4) is 0 Å². The number of ether oxygens (including phenoxy) is 1. The smallest absolute Gasteiger partial charge is 0.338 e. The highest BCUT2D eigenvalue weighted by molar-refractivity contribution is 8.00. The van der Waals surface area contributed by atoms with E-state index in [1.54, 1.807) is 24.3 Å². The zero-order chi connectivity index (χ0) is 24.3. The Labute approximate surface area is 204 Å². The molecule has 3 aromatic carbocycles. The van der Waals surface area contributed by atoms with E-state index in [1.807, 2.05) is 61.5 Å². The third kappa shape index (κ3) is 7.49. The van der Waals surface area contributed by atoms with Crippen molar-refractivity contribution in [2.75, 3.05) is 17.2 Å². The van der Waals surface area contributed by atoms with Gasteiger partial charge in [-0.1, -0.05) is 43.7 Å². The lowest BCUT2D eigenvalue weighted by Crippen LogP contribution is -2.19. The summed E-state index contributed by atoms with van der Waals surface area (Å²) in [7, 11) is 0. The highest BCUT2D eigenvalue weighted by Crippen LogP contribution is 2.36. The minimum atomic E-state index is -0.494. The van der Waals surface area contributed by atoms with Crippen molar-refractivity contribution in [2.45, 2.75) is 36.8 Å². The van der Waals surface area contributed by atoms with E-state index in [2.05, 4.69) is 10.6 Å². The van der Waals surface area contributed by atoms with Gasteiger partial charge in [0.2, 0.25) is 11.8 Å². The monoisotopic (exact) mass is 476 g/mol. The maximum Gasteiger partial charge on any atom is 0.338 e. The number of thioether (sulfide) groups is 1. The summed E-state index contributed by atoms with van der Waals surface area (Å²) in [6.07, 6.45) is 1.78. The van der Waals surface area contributed by atoms with E-state index in [0.29, 0.717) is 23.5 Å². The first-order chi connectivity index (χ1) is 16.5. The van der Waals surface area contributed by atoms with Gasteiger partial charge in [-0.3, -0.25) is 9.59 Å². The Kier molecular flexibility index (Phi) is 9.29. The minimum Gasteiger partial charge on any atom is -0.462 e. The van der Waals surface area contributed by atoms with Crippen LogP contribution in [0.25, 0.3) is 0 Å². The predicted molar refractivity (Wildman–Crippen MR) is 136 cm³/mol. The Morgan fingerprint density at radius 3 is 2.09 bits per heavy atom. The third-order valence-electron chi connectivity index (χ3n) is 4.89. The molecule has 0 aliphatic carbocycles. The molecule has 0 saturated carbocycles. The van der Waals surface area contributed by atoms with Crippen LogP contribution in [0.5, 0.6) is 0 Å². The molecule has 6 nitrogen and oxygen atoms in total. The van der Waals surface area contributed by atoms with Crippen LogP contribution in [-0.4, -0.2) is 24.4 Å². The van der Waals surface area contributed by atoms with E-state index < -0.39 is 5.25 Å². The van der Waals surface area contributed by atoms with E-state index in [0.717, 1.165) is 23.3 Å². The van der Waals surface area contributed by atoms with Gasteiger partial charge in [-0.05, 0) is 60.5 Å². The molecule has 0 radical (unpaired) electrons. The number of benzene rings is 3. The lowest BCUT2D eigenvalue weighted by Gasteiger charge is -2.17. The molecular formula is C27H28N2O4S. The van der Waals surface area contributed by atoms with E-state index >= 15 is 0 Å². The quantitative estimate of drug-likeness (QED) is 0.211. The van der Waals surface area contributed by atoms with E-state index in [9.17, 15) is 14.4 Å². The molecule has 3 rings (SSSR count). The summed E-state index contributed by atoms with van der Waals surface area (Å²) in [6, 6.07) is 23.6. The lowest BCUT2D eigenvalue weighted by molar-refractivity contribution is -0.116. The zero-order valence-electron chi connectivity index (χ0n) is 19.2. The fourth-order valence-electron chi connectivity index (χ4n) is 3.15. The largest absolute Gasteiger partial charge is 0.462 e. The molecule has 1 atom stereocenters. The van der Waals surface area contributed by atoms with Gasteiger partial charge < -0.3 is 15.4 Å². The van der Waals surface area contributed by atoms with E-state index in [4.69, 9.17) is 4.74 Å². The van der Waals surface area contributed by atoms with Crippen LogP contribution in [0, 0.1) is 0 Å². The first kappa shape index (κ1) is 25.1. The third-order valence-corrected chi connectivity index (χ3v) is 6.15. The Balaban J connectivity index is 1.71. The zero-order valence-corrected chi connectivity index (χ0v) is 20.1. The molecule has 0 fully saturated rings.